The zero-order valence-electron chi connectivity index (χ0n) is 15.1. The van der Waals surface area contributed by atoms with Gasteiger partial charge in [-0.2, -0.15) is 0 Å². The number of amides is 3. The van der Waals surface area contributed by atoms with E-state index in [1.165, 1.54) is 6.92 Å². The fourth-order valence-electron chi connectivity index (χ4n) is 3.03. The second-order valence-corrected chi connectivity index (χ2v) is 6.86. The average molecular weight is 345 g/mol. The Morgan fingerprint density at radius 1 is 1.08 bits per heavy atom. The van der Waals surface area contributed by atoms with E-state index in [9.17, 15) is 14.4 Å². The van der Waals surface area contributed by atoms with Crippen LogP contribution in [0.3, 0.4) is 0 Å². The van der Waals surface area contributed by atoms with Crippen LogP contribution in [0, 0.1) is 5.92 Å². The van der Waals surface area contributed by atoms with Crippen LogP contribution in [0.4, 0.5) is 0 Å². The van der Waals surface area contributed by atoms with Gasteiger partial charge in [0, 0.05) is 31.6 Å². The van der Waals surface area contributed by atoms with Gasteiger partial charge >= 0.3 is 0 Å². The lowest BCUT2D eigenvalue weighted by Gasteiger charge is -2.35. The largest absolute Gasteiger partial charge is 0.349 e. The molecule has 1 aromatic carbocycles. The molecule has 1 heterocycles. The first-order valence-electron chi connectivity index (χ1n) is 8.80. The zero-order chi connectivity index (χ0) is 18.4. The lowest BCUT2D eigenvalue weighted by molar-refractivity contribution is -0.138. The van der Waals surface area contributed by atoms with Crippen LogP contribution in [0.2, 0.25) is 0 Å². The Bertz CT molecular complexity index is 608. The fourth-order valence-corrected chi connectivity index (χ4v) is 3.03. The van der Waals surface area contributed by atoms with Gasteiger partial charge < -0.3 is 15.5 Å². The molecule has 1 aromatic rings. The molecular weight excluding hydrogens is 318 g/mol. The predicted octanol–water partition coefficient (Wildman–Crippen LogP) is 1.57. The van der Waals surface area contributed by atoms with E-state index in [4.69, 9.17) is 0 Å². The summed E-state index contributed by atoms with van der Waals surface area (Å²) in [6.45, 7) is 6.44. The molecule has 2 N–H and O–H groups in total. The molecule has 6 heteroatoms. The van der Waals surface area contributed by atoms with Gasteiger partial charge in [-0.25, -0.2) is 0 Å². The fraction of sp³-hybridized carbons (Fsp3) is 0.526. The topological polar surface area (TPSA) is 78.5 Å². The van der Waals surface area contributed by atoms with Crippen LogP contribution in [0.1, 0.15) is 44.0 Å². The average Bonchev–Trinajstić information content (AvgIpc) is 2.60. The third-order valence-corrected chi connectivity index (χ3v) is 4.47. The molecule has 1 atom stereocenters. The van der Waals surface area contributed by atoms with Gasteiger partial charge in [-0.3, -0.25) is 14.4 Å². The van der Waals surface area contributed by atoms with Crippen molar-refractivity contribution in [2.45, 2.75) is 45.7 Å². The normalized spacial score (nSPS) is 16.4. The van der Waals surface area contributed by atoms with Gasteiger partial charge in [0.05, 0.1) is 0 Å². The maximum absolute atomic E-state index is 12.6. The second-order valence-electron chi connectivity index (χ2n) is 6.86. The minimum Gasteiger partial charge on any atom is -0.349 e. The number of nitrogens with zero attached hydrogens (tertiary/aromatic N) is 1. The number of rotatable bonds is 5. The molecule has 2 rings (SSSR count). The highest BCUT2D eigenvalue weighted by Gasteiger charge is 2.31. The van der Waals surface area contributed by atoms with Crippen LogP contribution in [-0.4, -0.2) is 47.8 Å². The van der Waals surface area contributed by atoms with E-state index < -0.39 is 6.04 Å². The lowest BCUT2D eigenvalue weighted by Crippen LogP contribution is -2.54. The van der Waals surface area contributed by atoms with Crippen LogP contribution in [0.25, 0.3) is 0 Å². The van der Waals surface area contributed by atoms with E-state index in [1.54, 1.807) is 17.0 Å². The number of likely N-dealkylation sites (tertiary alicyclic amines) is 1. The summed E-state index contributed by atoms with van der Waals surface area (Å²) in [6, 6.07) is 8.70. The summed E-state index contributed by atoms with van der Waals surface area (Å²) >= 11 is 0. The highest BCUT2D eigenvalue weighted by atomic mass is 16.2. The number of nitrogens with one attached hydrogen (secondary N) is 2. The summed E-state index contributed by atoms with van der Waals surface area (Å²) in [4.78, 5) is 38.0. The maximum Gasteiger partial charge on any atom is 0.251 e. The first kappa shape index (κ1) is 19.0. The Morgan fingerprint density at radius 2 is 1.68 bits per heavy atom. The molecule has 1 unspecified atom stereocenters. The standard InChI is InChI=1S/C19H27N3O3/c1-13(2)17(20-14(3)23)19(25)22-11-9-16(10-12-22)21-18(24)15-7-5-4-6-8-15/h4-8,13,16-17H,9-12H2,1-3H3,(H,20,23)(H,21,24). The molecule has 0 spiro atoms. The molecule has 136 valence electrons. The highest BCUT2D eigenvalue weighted by molar-refractivity contribution is 5.94. The van der Waals surface area contributed by atoms with Crippen LogP contribution >= 0.6 is 0 Å². The molecule has 0 radical (unpaired) electrons. The van der Waals surface area contributed by atoms with Crippen LogP contribution in [-0.2, 0) is 9.59 Å². The molecule has 1 fully saturated rings. The van der Waals surface area contributed by atoms with Gasteiger partial charge in [0.2, 0.25) is 11.8 Å². The molecule has 6 nitrogen and oxygen atoms in total. The van der Waals surface area contributed by atoms with Crippen LogP contribution in [0.15, 0.2) is 30.3 Å². The molecule has 0 saturated carbocycles. The molecule has 0 bridgehead atoms. The third-order valence-electron chi connectivity index (χ3n) is 4.47. The van der Waals surface area contributed by atoms with Crippen LogP contribution in [0.5, 0.6) is 0 Å². The Balaban J connectivity index is 1.87. The number of hydrogen-bond acceptors (Lipinski definition) is 3. The second kappa shape index (κ2) is 8.65. The number of benzene rings is 1. The molecule has 0 aliphatic carbocycles. The van der Waals surface area contributed by atoms with Crippen molar-refractivity contribution in [1.82, 2.24) is 15.5 Å². The predicted molar refractivity (Wildman–Crippen MR) is 96.0 cm³/mol. The monoisotopic (exact) mass is 345 g/mol. The quantitative estimate of drug-likeness (QED) is 0.850. The van der Waals surface area contributed by atoms with Gasteiger partial charge in [-0.15, -0.1) is 0 Å². The minimum absolute atomic E-state index is 0.0342. The molecule has 3 amide bonds. The molecule has 25 heavy (non-hydrogen) atoms. The smallest absolute Gasteiger partial charge is 0.251 e. The van der Waals surface area contributed by atoms with Crippen molar-refractivity contribution in [3.8, 4) is 0 Å². The number of hydrogen-bond donors (Lipinski definition) is 2. The maximum atomic E-state index is 12.6. The van der Waals surface area contributed by atoms with E-state index in [2.05, 4.69) is 10.6 Å². The van der Waals surface area contributed by atoms with Gasteiger partial charge in [0.15, 0.2) is 0 Å². The molecule has 0 aromatic heterocycles. The lowest BCUT2D eigenvalue weighted by atomic mass is 9.99. The summed E-state index contributed by atoms with van der Waals surface area (Å²) in [5.74, 6) is -0.286. The van der Waals surface area contributed by atoms with Gasteiger partial charge in [0.1, 0.15) is 6.04 Å². The van der Waals surface area contributed by atoms with E-state index in [-0.39, 0.29) is 29.7 Å². The van der Waals surface area contributed by atoms with Crippen molar-refractivity contribution in [2.75, 3.05) is 13.1 Å². The summed E-state index contributed by atoms with van der Waals surface area (Å²) < 4.78 is 0. The zero-order valence-corrected chi connectivity index (χ0v) is 15.1. The molecule has 1 saturated heterocycles. The summed E-state index contributed by atoms with van der Waals surface area (Å²) in [7, 11) is 0. The molecule has 1 aliphatic rings. The van der Waals surface area contributed by atoms with Gasteiger partial charge in [-0.05, 0) is 30.9 Å². The SMILES string of the molecule is CC(=O)NC(C(=O)N1CCC(NC(=O)c2ccccc2)CC1)C(C)C. The minimum atomic E-state index is -0.493. The van der Waals surface area contributed by atoms with Crippen molar-refractivity contribution in [3.63, 3.8) is 0 Å². The van der Waals surface area contributed by atoms with Crippen molar-refractivity contribution >= 4 is 17.7 Å². The molecular formula is C19H27N3O3. The first-order chi connectivity index (χ1) is 11.9. The summed E-state index contributed by atoms with van der Waals surface area (Å²) in [6.07, 6.45) is 1.43. The Hall–Kier alpha value is -2.37. The number of carbonyl (C=O) groups is 3. The third kappa shape index (κ3) is 5.31. The van der Waals surface area contributed by atoms with Crippen molar-refractivity contribution in [3.05, 3.63) is 35.9 Å². The molecule has 1 aliphatic heterocycles. The van der Waals surface area contributed by atoms with Crippen molar-refractivity contribution in [2.24, 2.45) is 5.92 Å². The van der Waals surface area contributed by atoms with E-state index in [1.807, 2.05) is 32.0 Å². The van der Waals surface area contributed by atoms with Crippen molar-refractivity contribution < 1.29 is 14.4 Å². The Morgan fingerprint density at radius 3 is 2.20 bits per heavy atom. The van der Waals surface area contributed by atoms with Crippen LogP contribution < -0.4 is 10.6 Å². The van der Waals surface area contributed by atoms with Crippen molar-refractivity contribution in [1.29, 1.82) is 0 Å². The summed E-state index contributed by atoms with van der Waals surface area (Å²) in [5.41, 5.74) is 0.645. The Labute approximate surface area is 149 Å². The van der Waals surface area contributed by atoms with E-state index in [0.29, 0.717) is 18.7 Å². The van der Waals surface area contributed by atoms with Gasteiger partial charge in [0.25, 0.3) is 5.91 Å². The van der Waals surface area contributed by atoms with Gasteiger partial charge in [-0.1, -0.05) is 32.0 Å². The Kier molecular flexibility index (Phi) is 6.56. The first-order valence-corrected chi connectivity index (χ1v) is 8.80. The van der Waals surface area contributed by atoms with E-state index >= 15 is 0 Å². The number of carbonyl (C=O) groups excluding carboxylic acids is 3. The summed E-state index contributed by atoms with van der Waals surface area (Å²) in [5, 5.41) is 5.77. The highest BCUT2D eigenvalue weighted by Crippen LogP contribution is 2.15. The number of piperidine rings is 1. The van der Waals surface area contributed by atoms with E-state index in [0.717, 1.165) is 12.8 Å².